The Morgan fingerprint density at radius 3 is 2.30 bits per heavy atom. The van der Waals surface area contributed by atoms with Gasteiger partial charge >= 0.3 is 0 Å². The fourth-order valence-corrected chi connectivity index (χ4v) is 2.44. The summed E-state index contributed by atoms with van der Waals surface area (Å²) in [7, 11) is 0. The van der Waals surface area contributed by atoms with Gasteiger partial charge < -0.3 is 15.5 Å². The molecule has 0 radical (unpaired) electrons. The Morgan fingerprint density at radius 1 is 1.15 bits per heavy atom. The molecule has 0 bridgehead atoms. The van der Waals surface area contributed by atoms with Crippen molar-refractivity contribution in [3.63, 3.8) is 0 Å². The summed E-state index contributed by atoms with van der Waals surface area (Å²) < 4.78 is 0. The van der Waals surface area contributed by atoms with E-state index < -0.39 is 0 Å². The number of anilines is 1. The minimum Gasteiger partial charge on any atom is -0.370 e. The smallest absolute Gasteiger partial charge is 0.0982 e. The first kappa shape index (κ1) is 15.0. The lowest BCUT2D eigenvalue weighted by Crippen LogP contribution is -2.40. The summed E-state index contributed by atoms with van der Waals surface area (Å²) in [6.07, 6.45) is 2.43. The largest absolute Gasteiger partial charge is 0.370 e. The third kappa shape index (κ3) is 3.60. The van der Waals surface area contributed by atoms with E-state index in [0.29, 0.717) is 18.1 Å². The van der Waals surface area contributed by atoms with Crippen LogP contribution in [0.5, 0.6) is 0 Å². The number of benzene rings is 1. The molecule has 1 atom stereocenters. The fraction of sp³-hybridized carbons (Fsp3) is 0.500. The van der Waals surface area contributed by atoms with E-state index in [1.807, 2.05) is 12.1 Å². The molecule has 0 unspecified atom stereocenters. The van der Waals surface area contributed by atoms with Gasteiger partial charge in [0.05, 0.1) is 12.7 Å². The topological polar surface area (TPSA) is 27.3 Å². The molecular formula is C16H24ClN3. The highest BCUT2D eigenvalue weighted by molar-refractivity contribution is 6.30. The predicted molar refractivity (Wildman–Crippen MR) is 86.9 cm³/mol. The molecule has 1 heterocycles. The summed E-state index contributed by atoms with van der Waals surface area (Å²) in [6, 6.07) is 8.46. The lowest BCUT2D eigenvalue weighted by Gasteiger charge is -2.30. The second kappa shape index (κ2) is 6.40. The quantitative estimate of drug-likeness (QED) is 0.869. The summed E-state index contributed by atoms with van der Waals surface area (Å²) in [5.74, 6) is 0.562. The van der Waals surface area contributed by atoms with E-state index in [4.69, 9.17) is 11.6 Å². The Labute approximate surface area is 127 Å². The van der Waals surface area contributed by atoms with E-state index in [-0.39, 0.29) is 0 Å². The lowest BCUT2D eigenvalue weighted by atomic mass is 10.1. The molecule has 0 aliphatic carbocycles. The number of halogens is 1. The van der Waals surface area contributed by atoms with Crippen molar-refractivity contribution in [2.75, 3.05) is 11.4 Å². The van der Waals surface area contributed by atoms with Gasteiger partial charge in [0, 0.05) is 28.6 Å². The molecule has 0 fully saturated rings. The third-order valence-corrected chi connectivity index (χ3v) is 3.82. The van der Waals surface area contributed by atoms with Gasteiger partial charge in [-0.15, -0.1) is 0 Å². The van der Waals surface area contributed by atoms with Crippen molar-refractivity contribution >= 4 is 17.3 Å². The van der Waals surface area contributed by atoms with Gasteiger partial charge in [-0.1, -0.05) is 25.4 Å². The molecular weight excluding hydrogens is 270 g/mol. The second-order valence-corrected chi connectivity index (χ2v) is 6.34. The Morgan fingerprint density at radius 2 is 1.80 bits per heavy atom. The van der Waals surface area contributed by atoms with E-state index in [0.717, 1.165) is 11.6 Å². The van der Waals surface area contributed by atoms with E-state index in [2.05, 4.69) is 61.6 Å². The van der Waals surface area contributed by atoms with Crippen molar-refractivity contribution in [3.8, 4) is 0 Å². The normalized spacial score (nSPS) is 17.9. The van der Waals surface area contributed by atoms with E-state index in [1.165, 1.54) is 11.4 Å². The van der Waals surface area contributed by atoms with Crippen LogP contribution in [0, 0.1) is 5.92 Å². The van der Waals surface area contributed by atoms with Crippen LogP contribution in [0.1, 0.15) is 27.7 Å². The zero-order valence-electron chi connectivity index (χ0n) is 12.7. The van der Waals surface area contributed by atoms with Crippen LogP contribution in [0.3, 0.4) is 0 Å². The van der Waals surface area contributed by atoms with Crippen LogP contribution in [-0.4, -0.2) is 18.8 Å². The summed E-state index contributed by atoms with van der Waals surface area (Å²) in [4.78, 5) is 2.36. The minimum atomic E-state index is 0.337. The first-order valence-electron chi connectivity index (χ1n) is 7.21. The lowest BCUT2D eigenvalue weighted by molar-refractivity contribution is 0.419. The molecule has 3 nitrogen and oxygen atoms in total. The molecule has 1 aromatic rings. The average molecular weight is 294 g/mol. The molecule has 110 valence electrons. The fourth-order valence-electron chi connectivity index (χ4n) is 2.31. The van der Waals surface area contributed by atoms with Crippen LogP contribution in [0.25, 0.3) is 0 Å². The summed E-state index contributed by atoms with van der Waals surface area (Å²) >= 11 is 5.97. The Balaban J connectivity index is 2.06. The SMILES string of the molecule is CC(C)[C@H]1NC=C(CN(c2ccc(Cl)cc2)C(C)C)N1. The molecule has 4 heteroatoms. The molecule has 0 saturated heterocycles. The van der Waals surface area contributed by atoms with Crippen molar-refractivity contribution in [1.29, 1.82) is 0 Å². The van der Waals surface area contributed by atoms with Gasteiger partial charge in [-0.05, 0) is 44.0 Å². The van der Waals surface area contributed by atoms with Crippen LogP contribution in [0.2, 0.25) is 5.02 Å². The van der Waals surface area contributed by atoms with Gasteiger partial charge in [0.25, 0.3) is 0 Å². The molecule has 0 saturated carbocycles. The van der Waals surface area contributed by atoms with Crippen LogP contribution in [-0.2, 0) is 0 Å². The minimum absolute atomic E-state index is 0.337. The molecule has 1 aromatic carbocycles. The number of hydrogen-bond donors (Lipinski definition) is 2. The Bertz CT molecular complexity index is 465. The van der Waals surface area contributed by atoms with E-state index >= 15 is 0 Å². The highest BCUT2D eigenvalue weighted by Gasteiger charge is 2.20. The maximum Gasteiger partial charge on any atom is 0.0982 e. The molecule has 20 heavy (non-hydrogen) atoms. The van der Waals surface area contributed by atoms with Crippen molar-refractivity contribution < 1.29 is 0 Å². The van der Waals surface area contributed by atoms with Crippen LogP contribution >= 0.6 is 11.6 Å². The monoisotopic (exact) mass is 293 g/mol. The maximum absolute atomic E-state index is 5.97. The first-order valence-corrected chi connectivity index (χ1v) is 7.59. The first-order chi connectivity index (χ1) is 9.47. The summed E-state index contributed by atoms with van der Waals surface area (Å²) in [6.45, 7) is 9.70. The molecule has 0 spiro atoms. The number of nitrogens with zero attached hydrogens (tertiary/aromatic N) is 1. The van der Waals surface area contributed by atoms with Crippen LogP contribution in [0.4, 0.5) is 5.69 Å². The van der Waals surface area contributed by atoms with Crippen LogP contribution < -0.4 is 15.5 Å². The molecule has 0 aromatic heterocycles. The average Bonchev–Trinajstić information content (AvgIpc) is 2.86. The van der Waals surface area contributed by atoms with Gasteiger partial charge in [0.2, 0.25) is 0 Å². The van der Waals surface area contributed by atoms with E-state index in [1.54, 1.807) is 0 Å². The summed E-state index contributed by atoms with van der Waals surface area (Å²) in [5, 5.41) is 7.70. The van der Waals surface area contributed by atoms with Gasteiger partial charge in [-0.2, -0.15) is 0 Å². The molecule has 1 aliphatic rings. The standard InChI is InChI=1S/C16H24ClN3/c1-11(2)16-18-9-14(19-16)10-20(12(3)4)15-7-5-13(17)6-8-15/h5-9,11-12,16,18-19H,10H2,1-4H3/t16-/m0/s1. The maximum atomic E-state index is 5.97. The number of hydrogen-bond acceptors (Lipinski definition) is 3. The van der Waals surface area contributed by atoms with Crippen molar-refractivity contribution in [3.05, 3.63) is 41.2 Å². The highest BCUT2D eigenvalue weighted by atomic mass is 35.5. The highest BCUT2D eigenvalue weighted by Crippen LogP contribution is 2.21. The van der Waals surface area contributed by atoms with Crippen molar-refractivity contribution in [2.24, 2.45) is 5.92 Å². The number of nitrogens with one attached hydrogen (secondary N) is 2. The van der Waals surface area contributed by atoms with Crippen molar-refractivity contribution in [1.82, 2.24) is 10.6 Å². The summed E-state index contributed by atoms with van der Waals surface area (Å²) in [5.41, 5.74) is 2.42. The van der Waals surface area contributed by atoms with Gasteiger partial charge in [-0.3, -0.25) is 0 Å². The molecule has 1 aliphatic heterocycles. The van der Waals surface area contributed by atoms with Gasteiger partial charge in [0.15, 0.2) is 0 Å². The second-order valence-electron chi connectivity index (χ2n) is 5.90. The van der Waals surface area contributed by atoms with Gasteiger partial charge in [0.1, 0.15) is 0 Å². The zero-order chi connectivity index (χ0) is 14.7. The van der Waals surface area contributed by atoms with Gasteiger partial charge in [-0.25, -0.2) is 0 Å². The zero-order valence-corrected chi connectivity index (χ0v) is 13.4. The predicted octanol–water partition coefficient (Wildman–Crippen LogP) is 3.57. The molecule has 2 N–H and O–H groups in total. The Kier molecular flexibility index (Phi) is 4.81. The van der Waals surface area contributed by atoms with Crippen LogP contribution in [0.15, 0.2) is 36.2 Å². The molecule has 0 amide bonds. The molecule has 2 rings (SSSR count). The number of rotatable bonds is 5. The van der Waals surface area contributed by atoms with Crippen molar-refractivity contribution in [2.45, 2.75) is 39.9 Å². The Hall–Kier alpha value is -1.35. The third-order valence-electron chi connectivity index (χ3n) is 3.57. The van der Waals surface area contributed by atoms with E-state index in [9.17, 15) is 0 Å².